The van der Waals surface area contributed by atoms with Crippen LogP contribution in [0.2, 0.25) is 5.02 Å². The van der Waals surface area contributed by atoms with E-state index in [1.807, 2.05) is 12.1 Å². The molecule has 8 nitrogen and oxygen atoms in total. The van der Waals surface area contributed by atoms with Crippen molar-refractivity contribution in [2.24, 2.45) is 5.73 Å². The van der Waals surface area contributed by atoms with E-state index in [-0.39, 0.29) is 40.2 Å². The first-order chi connectivity index (χ1) is 14.9. The van der Waals surface area contributed by atoms with Gasteiger partial charge in [-0.2, -0.15) is 0 Å². The topological polar surface area (TPSA) is 123 Å². The molecule has 0 amide bonds. The first kappa shape index (κ1) is 22.7. The molecule has 1 aliphatic heterocycles. The average Bonchev–Trinajstić information content (AvgIpc) is 3.16. The molecule has 0 aliphatic carbocycles. The number of halogens is 2. The molecular weight excluding hydrogens is 459 g/mol. The quantitative estimate of drug-likeness (QED) is 0.584. The molecule has 11 heteroatoms. The van der Waals surface area contributed by atoms with Crippen LogP contribution in [0, 0.1) is 5.82 Å². The van der Waals surface area contributed by atoms with Crippen molar-refractivity contribution in [2.75, 3.05) is 17.2 Å². The normalized spacial score (nSPS) is 18.3. The Morgan fingerprint density at radius 1 is 1.28 bits per heavy atom. The summed E-state index contributed by atoms with van der Waals surface area (Å²) >= 11 is 5.97. The van der Waals surface area contributed by atoms with Crippen molar-refractivity contribution in [3.8, 4) is 11.5 Å². The van der Waals surface area contributed by atoms with Gasteiger partial charge in [0.25, 0.3) is 5.89 Å². The second-order valence-electron chi connectivity index (χ2n) is 8.32. The summed E-state index contributed by atoms with van der Waals surface area (Å²) in [4.78, 5) is 1.63. The summed E-state index contributed by atoms with van der Waals surface area (Å²) in [5.74, 6) is -1.39. The lowest BCUT2D eigenvalue weighted by molar-refractivity contribution is 0.0487. The fourth-order valence-electron chi connectivity index (χ4n) is 3.55. The smallest absolute Gasteiger partial charge is 0.250 e. The van der Waals surface area contributed by atoms with Crippen LogP contribution in [-0.4, -0.2) is 42.1 Å². The van der Waals surface area contributed by atoms with E-state index < -0.39 is 27.3 Å². The standard InChI is InChI=1S/C21H22ClFN4O4S/c1-21(2,28)20-26-25-19(31-20)15-7-17-18(8-16(15)23)32(29,30)11-14(24)10-27(17)9-12-3-5-13(22)6-4-12/h3-8,14,28H,9-11,24H2,1-2H3/t14-/m1/s1. The molecule has 2 aromatic carbocycles. The molecule has 3 N–H and O–H groups in total. The molecule has 2 heterocycles. The molecule has 0 bridgehead atoms. The highest BCUT2D eigenvalue weighted by molar-refractivity contribution is 7.91. The fourth-order valence-corrected chi connectivity index (χ4v) is 5.31. The lowest BCUT2D eigenvalue weighted by Crippen LogP contribution is -2.39. The summed E-state index contributed by atoms with van der Waals surface area (Å²) in [6.45, 7) is 3.48. The zero-order chi connectivity index (χ0) is 23.3. The molecule has 0 saturated heterocycles. The van der Waals surface area contributed by atoms with Crippen molar-refractivity contribution in [2.45, 2.75) is 36.9 Å². The summed E-state index contributed by atoms with van der Waals surface area (Å²) in [7, 11) is -3.83. The van der Waals surface area contributed by atoms with Gasteiger partial charge in [-0.25, -0.2) is 12.8 Å². The summed E-state index contributed by atoms with van der Waals surface area (Å²) in [5, 5.41) is 18.3. The summed E-state index contributed by atoms with van der Waals surface area (Å²) in [6.07, 6.45) is 0. The van der Waals surface area contributed by atoms with E-state index in [9.17, 15) is 13.5 Å². The maximum atomic E-state index is 15.0. The molecule has 0 radical (unpaired) electrons. The number of rotatable bonds is 4. The van der Waals surface area contributed by atoms with Crippen molar-refractivity contribution in [3.63, 3.8) is 0 Å². The zero-order valence-corrected chi connectivity index (χ0v) is 19.0. The molecule has 0 fully saturated rings. The Kier molecular flexibility index (Phi) is 5.74. The monoisotopic (exact) mass is 480 g/mol. The summed E-state index contributed by atoms with van der Waals surface area (Å²) in [5.41, 5.74) is 5.77. The first-order valence-electron chi connectivity index (χ1n) is 9.82. The zero-order valence-electron chi connectivity index (χ0n) is 17.4. The number of aromatic nitrogens is 2. The van der Waals surface area contributed by atoms with Crippen molar-refractivity contribution >= 4 is 27.1 Å². The molecule has 1 aliphatic rings. The molecule has 3 aromatic rings. The number of benzene rings is 2. The number of nitrogens with zero attached hydrogens (tertiary/aromatic N) is 3. The van der Waals surface area contributed by atoms with E-state index in [1.54, 1.807) is 17.0 Å². The molecule has 170 valence electrons. The Labute approximate surface area is 189 Å². The SMILES string of the molecule is CC(C)(O)c1nnc(-c2cc3c(cc2F)S(=O)(=O)C[C@H](N)CN3Cc2ccc(Cl)cc2)o1. The van der Waals surface area contributed by atoms with Crippen LogP contribution in [0.1, 0.15) is 25.3 Å². The van der Waals surface area contributed by atoms with Crippen molar-refractivity contribution in [3.05, 3.63) is 58.7 Å². The Bertz CT molecular complexity index is 1260. The largest absolute Gasteiger partial charge is 0.417 e. The minimum Gasteiger partial charge on any atom is -0.417 e. The summed E-state index contributed by atoms with van der Waals surface area (Å²) < 4.78 is 46.3. The maximum Gasteiger partial charge on any atom is 0.250 e. The van der Waals surface area contributed by atoms with E-state index in [4.69, 9.17) is 21.8 Å². The molecule has 32 heavy (non-hydrogen) atoms. The van der Waals surface area contributed by atoms with Crippen molar-refractivity contribution < 1.29 is 22.3 Å². The predicted octanol–water partition coefficient (Wildman–Crippen LogP) is 2.88. The van der Waals surface area contributed by atoms with Gasteiger partial charge in [-0.15, -0.1) is 10.2 Å². The molecule has 0 saturated carbocycles. The lowest BCUT2D eigenvalue weighted by Gasteiger charge is -2.26. The van der Waals surface area contributed by atoms with Gasteiger partial charge < -0.3 is 20.2 Å². The van der Waals surface area contributed by atoms with E-state index in [1.165, 1.54) is 19.9 Å². The highest BCUT2D eigenvalue weighted by Gasteiger charge is 2.33. The number of fused-ring (bicyclic) bond motifs is 1. The molecule has 0 spiro atoms. The van der Waals surface area contributed by atoms with Gasteiger partial charge in [-0.1, -0.05) is 23.7 Å². The van der Waals surface area contributed by atoms with E-state index in [0.29, 0.717) is 11.6 Å². The Hall–Kier alpha value is -2.53. The van der Waals surface area contributed by atoms with E-state index in [2.05, 4.69) is 10.2 Å². The van der Waals surface area contributed by atoms with Gasteiger partial charge in [-0.3, -0.25) is 0 Å². The van der Waals surface area contributed by atoms with Gasteiger partial charge in [0.2, 0.25) is 5.89 Å². The molecule has 4 rings (SSSR count). The highest BCUT2D eigenvalue weighted by atomic mass is 35.5. The molecule has 0 unspecified atom stereocenters. The number of hydrogen-bond acceptors (Lipinski definition) is 8. The third kappa shape index (κ3) is 4.49. The predicted molar refractivity (Wildman–Crippen MR) is 117 cm³/mol. The number of nitrogens with two attached hydrogens (primary N) is 1. The van der Waals surface area contributed by atoms with Crippen LogP contribution >= 0.6 is 11.6 Å². The Morgan fingerprint density at radius 2 is 1.97 bits per heavy atom. The van der Waals surface area contributed by atoms with Crippen LogP contribution in [0.25, 0.3) is 11.5 Å². The van der Waals surface area contributed by atoms with Gasteiger partial charge >= 0.3 is 0 Å². The molecule has 1 aromatic heterocycles. The number of hydrogen-bond donors (Lipinski definition) is 2. The number of aliphatic hydroxyl groups is 1. The lowest BCUT2D eigenvalue weighted by atomic mass is 10.1. The first-order valence-corrected chi connectivity index (χ1v) is 11.8. The van der Waals surface area contributed by atoms with Gasteiger partial charge in [0.05, 0.1) is 21.9 Å². The van der Waals surface area contributed by atoms with Crippen LogP contribution in [0.5, 0.6) is 0 Å². The highest BCUT2D eigenvalue weighted by Crippen LogP contribution is 2.37. The number of sulfone groups is 1. The average molecular weight is 481 g/mol. The summed E-state index contributed by atoms with van der Waals surface area (Å²) in [6, 6.07) is 8.78. The fraction of sp³-hybridized carbons (Fsp3) is 0.333. The van der Waals surface area contributed by atoms with Crippen LogP contribution in [0.3, 0.4) is 0 Å². The second kappa shape index (κ2) is 8.11. The van der Waals surface area contributed by atoms with Gasteiger partial charge in [-0.05, 0) is 43.7 Å². The van der Waals surface area contributed by atoms with Crippen molar-refractivity contribution in [1.82, 2.24) is 10.2 Å². The second-order valence-corrected chi connectivity index (χ2v) is 10.8. The third-order valence-corrected chi connectivity index (χ3v) is 7.19. The van der Waals surface area contributed by atoms with Crippen molar-refractivity contribution in [1.29, 1.82) is 0 Å². The van der Waals surface area contributed by atoms with E-state index >= 15 is 4.39 Å². The van der Waals surface area contributed by atoms with Crippen LogP contribution in [-0.2, 0) is 22.0 Å². The van der Waals surface area contributed by atoms with Gasteiger partial charge in [0, 0.05) is 24.2 Å². The minimum absolute atomic E-state index is 0.0708. The van der Waals surface area contributed by atoms with E-state index in [0.717, 1.165) is 11.6 Å². The van der Waals surface area contributed by atoms with Crippen LogP contribution < -0.4 is 10.6 Å². The van der Waals surface area contributed by atoms with Crippen LogP contribution in [0.4, 0.5) is 10.1 Å². The maximum absolute atomic E-state index is 15.0. The van der Waals surface area contributed by atoms with Gasteiger partial charge in [0.15, 0.2) is 9.84 Å². The Morgan fingerprint density at radius 3 is 2.59 bits per heavy atom. The van der Waals surface area contributed by atoms with Gasteiger partial charge in [0.1, 0.15) is 11.4 Å². The molecular formula is C21H22ClFN4O4S. The minimum atomic E-state index is -3.83. The third-order valence-electron chi connectivity index (χ3n) is 5.08. The molecule has 1 atom stereocenters. The van der Waals surface area contributed by atoms with Crippen LogP contribution in [0.15, 0.2) is 45.7 Å². The Balaban J connectivity index is 1.84. The number of anilines is 1.